The molecule has 1 unspecified atom stereocenters. The molecule has 55 heavy (non-hydrogen) atoms. The Balaban J connectivity index is 1.00. The molecular formula is C45H50N8O2. The Morgan fingerprint density at radius 3 is 1.69 bits per heavy atom. The van der Waals surface area contributed by atoms with Crippen LogP contribution in [0.5, 0.6) is 0 Å². The standard InChI is InChI=1S/C45H50N8O2/c1-30(52(6)44(54)40(50(2)3)35-14-9-7-10-15-35)42-46-28-37(48-42)33-23-19-31(20-24-33)32-21-25-34(26-22-32)38-29-47-43(49-38)39-18-13-27-53(39)45(55)41(51(4)5)36-16-11-8-12-17-36/h7-12,14-17,19-26,28-30,39-41H,13,18,27H2,1-6H3,(H,46,48)(H,47,49)/t30-,39?,40+,41-/m0/s1. The topological polar surface area (TPSA) is 104 Å². The summed E-state index contributed by atoms with van der Waals surface area (Å²) in [7, 11) is 9.60. The maximum atomic E-state index is 13.9. The fourth-order valence-electron chi connectivity index (χ4n) is 7.67. The number of carbonyl (C=O) groups excluding carboxylic acids is 2. The van der Waals surface area contributed by atoms with Crippen LogP contribution in [0.2, 0.25) is 0 Å². The van der Waals surface area contributed by atoms with Gasteiger partial charge in [-0.2, -0.15) is 0 Å². The van der Waals surface area contributed by atoms with E-state index >= 15 is 0 Å². The summed E-state index contributed by atoms with van der Waals surface area (Å²) in [5, 5.41) is 0. The highest BCUT2D eigenvalue weighted by Crippen LogP contribution is 2.35. The molecular weight excluding hydrogens is 685 g/mol. The average molecular weight is 735 g/mol. The number of aromatic nitrogens is 4. The molecule has 10 heteroatoms. The van der Waals surface area contributed by atoms with E-state index in [-0.39, 0.29) is 36.0 Å². The van der Waals surface area contributed by atoms with Crippen LogP contribution in [-0.4, -0.2) is 93.1 Å². The van der Waals surface area contributed by atoms with E-state index in [0.717, 1.165) is 75.8 Å². The van der Waals surface area contributed by atoms with Gasteiger partial charge in [-0.15, -0.1) is 0 Å². The highest BCUT2D eigenvalue weighted by molar-refractivity contribution is 5.84. The Labute approximate surface area is 323 Å². The highest BCUT2D eigenvalue weighted by atomic mass is 16.2. The maximum Gasteiger partial charge on any atom is 0.245 e. The molecule has 2 aromatic heterocycles. The molecule has 3 heterocycles. The van der Waals surface area contributed by atoms with Gasteiger partial charge < -0.3 is 19.8 Å². The average Bonchev–Trinajstić information content (AvgIpc) is 4.00. The predicted octanol–water partition coefficient (Wildman–Crippen LogP) is 7.92. The number of carbonyl (C=O) groups is 2. The monoisotopic (exact) mass is 734 g/mol. The number of nitrogens with one attached hydrogen (secondary N) is 2. The van der Waals surface area contributed by atoms with Gasteiger partial charge in [0.15, 0.2) is 0 Å². The third-order valence-electron chi connectivity index (χ3n) is 10.8. The maximum absolute atomic E-state index is 13.9. The minimum atomic E-state index is -0.386. The van der Waals surface area contributed by atoms with Gasteiger partial charge in [-0.1, -0.05) is 109 Å². The van der Waals surface area contributed by atoms with Crippen molar-refractivity contribution in [3.05, 3.63) is 144 Å². The van der Waals surface area contributed by atoms with E-state index in [4.69, 9.17) is 4.98 Å². The van der Waals surface area contributed by atoms with Crippen molar-refractivity contribution < 1.29 is 9.59 Å². The number of hydrogen-bond acceptors (Lipinski definition) is 6. The van der Waals surface area contributed by atoms with Crippen LogP contribution in [-0.2, 0) is 9.59 Å². The SMILES string of the molecule is C[C@@H](c1ncc(-c2ccc(-c3ccc(-c4cnc(C5CCCN5C(=O)[C@H](c5ccccc5)N(C)C)[nH]4)cc3)cc2)[nH]1)N(C)C(=O)[C@@H](c1ccccc1)N(C)C. The summed E-state index contributed by atoms with van der Waals surface area (Å²) >= 11 is 0. The zero-order valence-corrected chi connectivity index (χ0v) is 32.5. The number of hydrogen-bond donors (Lipinski definition) is 2. The Morgan fingerprint density at radius 1 is 0.655 bits per heavy atom. The van der Waals surface area contributed by atoms with Crippen molar-refractivity contribution in [3.63, 3.8) is 0 Å². The summed E-state index contributed by atoms with van der Waals surface area (Å²) < 4.78 is 0. The molecule has 1 saturated heterocycles. The van der Waals surface area contributed by atoms with Crippen LogP contribution in [0.25, 0.3) is 33.6 Å². The van der Waals surface area contributed by atoms with Crippen LogP contribution in [0.3, 0.4) is 0 Å². The largest absolute Gasteiger partial charge is 0.340 e. The lowest BCUT2D eigenvalue weighted by molar-refractivity contribution is -0.138. The summed E-state index contributed by atoms with van der Waals surface area (Å²) in [6, 6.07) is 35.6. The molecule has 0 aliphatic carbocycles. The van der Waals surface area contributed by atoms with Crippen molar-refractivity contribution in [3.8, 4) is 33.6 Å². The molecule has 4 atom stereocenters. The number of aromatic amines is 2. The van der Waals surface area contributed by atoms with Gasteiger partial charge >= 0.3 is 0 Å². The zero-order valence-electron chi connectivity index (χ0n) is 32.5. The molecule has 0 saturated carbocycles. The second kappa shape index (κ2) is 16.3. The van der Waals surface area contributed by atoms with E-state index in [1.165, 1.54) is 0 Å². The Hall–Kier alpha value is -5.84. The second-order valence-corrected chi connectivity index (χ2v) is 14.9. The summed E-state index contributed by atoms with van der Waals surface area (Å²) in [5.74, 6) is 1.67. The number of H-pyrrole nitrogens is 2. The molecule has 10 nitrogen and oxygen atoms in total. The molecule has 0 radical (unpaired) electrons. The van der Waals surface area contributed by atoms with Gasteiger partial charge in [-0.25, -0.2) is 9.97 Å². The molecule has 2 N–H and O–H groups in total. The number of rotatable bonds is 12. The highest BCUT2D eigenvalue weighted by Gasteiger charge is 2.37. The van der Waals surface area contributed by atoms with Crippen LogP contribution in [0.4, 0.5) is 0 Å². The fraction of sp³-hybridized carbons (Fsp3) is 0.289. The van der Waals surface area contributed by atoms with Crippen molar-refractivity contribution in [2.75, 3.05) is 41.8 Å². The lowest BCUT2D eigenvalue weighted by Gasteiger charge is -2.31. The van der Waals surface area contributed by atoms with Crippen molar-refractivity contribution in [2.45, 2.75) is 43.9 Å². The van der Waals surface area contributed by atoms with Crippen LogP contribution < -0.4 is 0 Å². The Morgan fingerprint density at radius 2 is 1.15 bits per heavy atom. The van der Waals surface area contributed by atoms with Gasteiger partial charge in [0.25, 0.3) is 0 Å². The van der Waals surface area contributed by atoms with Gasteiger partial charge in [-0.3, -0.25) is 19.4 Å². The number of likely N-dealkylation sites (tertiary alicyclic amines) is 1. The Bertz CT molecular complexity index is 2190. The summed E-state index contributed by atoms with van der Waals surface area (Å²) in [5.41, 5.74) is 8.03. The predicted molar refractivity (Wildman–Crippen MR) is 218 cm³/mol. The van der Waals surface area contributed by atoms with Crippen LogP contribution in [0, 0.1) is 0 Å². The number of amides is 2. The smallest absolute Gasteiger partial charge is 0.245 e. The van der Waals surface area contributed by atoms with Crippen molar-refractivity contribution in [2.24, 2.45) is 0 Å². The van der Waals surface area contributed by atoms with E-state index in [9.17, 15) is 9.59 Å². The van der Waals surface area contributed by atoms with Crippen molar-refractivity contribution in [1.29, 1.82) is 0 Å². The lowest BCUT2D eigenvalue weighted by atomic mass is 10.0. The summed E-state index contributed by atoms with van der Waals surface area (Å²) in [4.78, 5) is 51.7. The van der Waals surface area contributed by atoms with Gasteiger partial charge in [-0.05, 0) is 81.3 Å². The molecule has 0 spiro atoms. The number of benzene rings is 4. The molecule has 1 fully saturated rings. The zero-order chi connectivity index (χ0) is 38.6. The van der Waals surface area contributed by atoms with Gasteiger partial charge in [0.2, 0.25) is 11.8 Å². The number of likely N-dealkylation sites (N-methyl/N-ethyl adjacent to an activating group) is 3. The normalized spacial score (nSPS) is 16.0. The Kier molecular flexibility index (Phi) is 11.1. The van der Waals surface area contributed by atoms with Crippen LogP contribution in [0.15, 0.2) is 122 Å². The number of nitrogens with zero attached hydrogens (tertiary/aromatic N) is 6. The van der Waals surface area contributed by atoms with E-state index < -0.39 is 0 Å². The van der Waals surface area contributed by atoms with E-state index in [1.807, 2.05) is 130 Å². The molecule has 7 rings (SSSR count). The minimum absolute atomic E-state index is 0.00905. The first kappa shape index (κ1) is 37.5. The van der Waals surface area contributed by atoms with Gasteiger partial charge in [0.1, 0.15) is 23.7 Å². The van der Waals surface area contributed by atoms with Crippen molar-refractivity contribution in [1.82, 2.24) is 39.5 Å². The van der Waals surface area contributed by atoms with Crippen molar-refractivity contribution >= 4 is 11.8 Å². The quantitative estimate of drug-likeness (QED) is 0.132. The summed E-state index contributed by atoms with van der Waals surface area (Å²) in [6.45, 7) is 2.71. The molecule has 4 aromatic carbocycles. The lowest BCUT2D eigenvalue weighted by Crippen LogP contribution is -2.40. The van der Waals surface area contributed by atoms with Crippen LogP contribution >= 0.6 is 0 Å². The molecule has 2 amide bonds. The molecule has 6 aromatic rings. The minimum Gasteiger partial charge on any atom is -0.340 e. The third kappa shape index (κ3) is 7.87. The molecule has 1 aliphatic heterocycles. The van der Waals surface area contributed by atoms with Gasteiger partial charge in [0, 0.05) is 13.6 Å². The first-order valence-corrected chi connectivity index (χ1v) is 18.9. The molecule has 1 aliphatic rings. The van der Waals surface area contributed by atoms with E-state index in [0.29, 0.717) is 0 Å². The molecule has 0 bridgehead atoms. The van der Waals surface area contributed by atoms with Gasteiger partial charge in [0.05, 0.1) is 35.9 Å². The third-order valence-corrected chi connectivity index (χ3v) is 10.8. The first-order chi connectivity index (χ1) is 26.6. The first-order valence-electron chi connectivity index (χ1n) is 18.9. The second-order valence-electron chi connectivity index (χ2n) is 14.9. The van der Waals surface area contributed by atoms with E-state index in [1.54, 1.807) is 4.90 Å². The number of imidazole rings is 2. The molecule has 282 valence electrons. The van der Waals surface area contributed by atoms with E-state index in [2.05, 4.69) is 63.5 Å². The van der Waals surface area contributed by atoms with Crippen LogP contribution in [0.1, 0.15) is 66.7 Å². The fourth-order valence-corrected chi connectivity index (χ4v) is 7.67. The summed E-state index contributed by atoms with van der Waals surface area (Å²) in [6.07, 6.45) is 5.53.